The molecule has 2 aliphatic rings. The van der Waals surface area contributed by atoms with Gasteiger partial charge in [-0.1, -0.05) is 24.1 Å². The third kappa shape index (κ3) is 5.68. The Kier molecular flexibility index (Phi) is 8.16. The van der Waals surface area contributed by atoms with Gasteiger partial charge in [-0.25, -0.2) is 0 Å². The zero-order valence-electron chi connectivity index (χ0n) is 14.9. The summed E-state index contributed by atoms with van der Waals surface area (Å²) < 4.78 is 5.61. The predicted molar refractivity (Wildman–Crippen MR) is 103 cm³/mol. The van der Waals surface area contributed by atoms with E-state index in [-0.39, 0.29) is 18.3 Å². The maximum atomic E-state index is 12.1. The fourth-order valence-electron chi connectivity index (χ4n) is 3.91. The lowest BCUT2D eigenvalue weighted by molar-refractivity contribution is 0.0526. The summed E-state index contributed by atoms with van der Waals surface area (Å²) in [6.45, 7) is 6.08. The highest BCUT2D eigenvalue weighted by atomic mass is 35.5. The molecule has 0 bridgehead atoms. The highest BCUT2D eigenvalue weighted by Gasteiger charge is 2.34. The van der Waals surface area contributed by atoms with Gasteiger partial charge in [0.25, 0.3) is 5.91 Å². The molecule has 5 nitrogen and oxygen atoms in total. The highest BCUT2D eigenvalue weighted by molar-refractivity contribution is 5.94. The summed E-state index contributed by atoms with van der Waals surface area (Å²) in [6, 6.07) is 8.70. The van der Waals surface area contributed by atoms with E-state index in [0.29, 0.717) is 24.5 Å². The van der Waals surface area contributed by atoms with E-state index in [9.17, 15) is 4.79 Å². The standard InChI is InChI=1S/C19H29N3O2.ClH/c1-14-4-2-5-15(12-14)19(23)22-9-8-20-17-7-3-6-16(17)18-13-24-11-10-21-18;/h2,4-5,12,16-18,20-21H,3,6-11,13H2,1H3,(H,22,23);1H. The van der Waals surface area contributed by atoms with E-state index < -0.39 is 0 Å². The molecule has 3 unspecified atom stereocenters. The van der Waals surface area contributed by atoms with Gasteiger partial charge in [0.05, 0.1) is 13.2 Å². The summed E-state index contributed by atoms with van der Waals surface area (Å²) in [5.74, 6) is 0.642. The number of nitrogens with one attached hydrogen (secondary N) is 3. The average molecular weight is 368 g/mol. The summed E-state index contributed by atoms with van der Waals surface area (Å²) in [7, 11) is 0. The second-order valence-electron chi connectivity index (χ2n) is 6.92. The van der Waals surface area contributed by atoms with Gasteiger partial charge in [-0.15, -0.1) is 12.4 Å². The molecule has 1 aromatic rings. The Hall–Kier alpha value is -1.14. The molecule has 0 spiro atoms. The van der Waals surface area contributed by atoms with E-state index >= 15 is 0 Å². The summed E-state index contributed by atoms with van der Waals surface area (Å²) in [6.07, 6.45) is 3.75. The number of hydrogen-bond donors (Lipinski definition) is 3. The maximum Gasteiger partial charge on any atom is 0.251 e. The number of ether oxygens (including phenoxy) is 1. The Labute approximate surface area is 156 Å². The molecule has 6 heteroatoms. The van der Waals surface area contributed by atoms with Gasteiger partial charge in [-0.3, -0.25) is 4.79 Å². The normalized spacial score (nSPS) is 26.0. The number of carbonyl (C=O) groups excluding carboxylic acids is 1. The van der Waals surface area contributed by atoms with Crippen LogP contribution in [-0.4, -0.2) is 50.8 Å². The van der Waals surface area contributed by atoms with Crippen molar-refractivity contribution < 1.29 is 9.53 Å². The number of rotatable bonds is 6. The SMILES string of the molecule is Cc1cccc(C(=O)NCCNC2CCCC2C2COCCN2)c1.Cl. The van der Waals surface area contributed by atoms with Crippen molar-refractivity contribution in [1.82, 2.24) is 16.0 Å². The molecular weight excluding hydrogens is 338 g/mol. The van der Waals surface area contributed by atoms with Gasteiger partial charge in [-0.05, 0) is 37.8 Å². The Morgan fingerprint density at radius 3 is 2.96 bits per heavy atom. The van der Waals surface area contributed by atoms with E-state index in [1.54, 1.807) is 0 Å². The molecule has 25 heavy (non-hydrogen) atoms. The Morgan fingerprint density at radius 1 is 1.32 bits per heavy atom. The third-order valence-electron chi connectivity index (χ3n) is 5.13. The molecule has 0 radical (unpaired) electrons. The zero-order chi connectivity index (χ0) is 16.8. The molecule has 1 saturated heterocycles. The largest absolute Gasteiger partial charge is 0.379 e. The first kappa shape index (κ1) is 20.2. The molecule has 1 heterocycles. The fourth-order valence-corrected chi connectivity index (χ4v) is 3.91. The van der Waals surface area contributed by atoms with Crippen LogP contribution in [0.2, 0.25) is 0 Å². The van der Waals surface area contributed by atoms with Gasteiger partial charge in [0.15, 0.2) is 0 Å². The Morgan fingerprint density at radius 2 is 2.20 bits per heavy atom. The number of morpholine rings is 1. The van der Waals surface area contributed by atoms with Crippen LogP contribution in [0.4, 0.5) is 0 Å². The molecule has 3 rings (SSSR count). The molecule has 3 N–H and O–H groups in total. The van der Waals surface area contributed by atoms with E-state index in [4.69, 9.17) is 4.74 Å². The summed E-state index contributed by atoms with van der Waals surface area (Å²) in [5, 5.41) is 10.2. The number of amides is 1. The highest BCUT2D eigenvalue weighted by Crippen LogP contribution is 2.29. The molecule has 2 fully saturated rings. The number of carbonyl (C=O) groups is 1. The van der Waals surface area contributed by atoms with Crippen molar-refractivity contribution in [3.8, 4) is 0 Å². The monoisotopic (exact) mass is 367 g/mol. The number of benzene rings is 1. The molecule has 3 atom stereocenters. The first-order chi connectivity index (χ1) is 11.7. The van der Waals surface area contributed by atoms with Crippen LogP contribution in [0.15, 0.2) is 24.3 Å². The van der Waals surface area contributed by atoms with Gasteiger partial charge in [0.2, 0.25) is 0 Å². The molecular formula is C19H30ClN3O2. The fraction of sp³-hybridized carbons (Fsp3) is 0.632. The Balaban J connectivity index is 0.00000225. The van der Waals surface area contributed by atoms with Crippen molar-refractivity contribution in [3.63, 3.8) is 0 Å². The quantitative estimate of drug-likeness (QED) is 0.672. The minimum atomic E-state index is 0. The number of halogens is 1. The predicted octanol–water partition coefficient (Wildman–Crippen LogP) is 1.89. The van der Waals surface area contributed by atoms with Crippen molar-refractivity contribution >= 4 is 18.3 Å². The topological polar surface area (TPSA) is 62.4 Å². The summed E-state index contributed by atoms with van der Waals surface area (Å²) >= 11 is 0. The molecule has 1 aromatic carbocycles. The minimum absolute atomic E-state index is 0. The maximum absolute atomic E-state index is 12.1. The third-order valence-corrected chi connectivity index (χ3v) is 5.13. The lowest BCUT2D eigenvalue weighted by Crippen LogP contribution is -2.51. The zero-order valence-corrected chi connectivity index (χ0v) is 15.7. The van der Waals surface area contributed by atoms with Crippen LogP contribution < -0.4 is 16.0 Å². The van der Waals surface area contributed by atoms with Crippen LogP contribution in [0.25, 0.3) is 0 Å². The summed E-state index contributed by atoms with van der Waals surface area (Å²) in [5.41, 5.74) is 1.84. The molecule has 1 amide bonds. The van der Waals surface area contributed by atoms with Crippen molar-refractivity contribution in [2.45, 2.75) is 38.3 Å². The second-order valence-corrected chi connectivity index (χ2v) is 6.92. The van der Waals surface area contributed by atoms with Crippen molar-refractivity contribution in [2.24, 2.45) is 5.92 Å². The van der Waals surface area contributed by atoms with Crippen molar-refractivity contribution in [1.29, 1.82) is 0 Å². The van der Waals surface area contributed by atoms with Crippen LogP contribution in [0.1, 0.15) is 35.2 Å². The lowest BCUT2D eigenvalue weighted by Gasteiger charge is -2.33. The van der Waals surface area contributed by atoms with Crippen molar-refractivity contribution in [3.05, 3.63) is 35.4 Å². The summed E-state index contributed by atoms with van der Waals surface area (Å²) in [4.78, 5) is 12.1. The Bertz CT molecular complexity index is 549. The number of hydrogen-bond acceptors (Lipinski definition) is 4. The van der Waals surface area contributed by atoms with E-state index in [1.807, 2.05) is 31.2 Å². The van der Waals surface area contributed by atoms with Gasteiger partial charge in [0, 0.05) is 37.3 Å². The molecule has 1 aliphatic carbocycles. The van der Waals surface area contributed by atoms with Crippen LogP contribution in [-0.2, 0) is 4.74 Å². The van der Waals surface area contributed by atoms with Gasteiger partial charge < -0.3 is 20.7 Å². The first-order valence-electron chi connectivity index (χ1n) is 9.13. The van der Waals surface area contributed by atoms with E-state index in [1.165, 1.54) is 19.3 Å². The van der Waals surface area contributed by atoms with Gasteiger partial charge in [0.1, 0.15) is 0 Å². The van der Waals surface area contributed by atoms with Crippen LogP contribution >= 0.6 is 12.4 Å². The average Bonchev–Trinajstić information content (AvgIpc) is 3.08. The molecule has 1 aliphatic heterocycles. The van der Waals surface area contributed by atoms with E-state index in [2.05, 4.69) is 16.0 Å². The van der Waals surface area contributed by atoms with Crippen LogP contribution in [0.3, 0.4) is 0 Å². The van der Waals surface area contributed by atoms with Gasteiger partial charge in [-0.2, -0.15) is 0 Å². The van der Waals surface area contributed by atoms with Crippen LogP contribution in [0, 0.1) is 12.8 Å². The van der Waals surface area contributed by atoms with Crippen molar-refractivity contribution in [2.75, 3.05) is 32.8 Å². The molecule has 1 saturated carbocycles. The van der Waals surface area contributed by atoms with Crippen LogP contribution in [0.5, 0.6) is 0 Å². The lowest BCUT2D eigenvalue weighted by atomic mass is 9.94. The molecule has 0 aromatic heterocycles. The van der Waals surface area contributed by atoms with Gasteiger partial charge >= 0.3 is 0 Å². The number of aryl methyl sites for hydroxylation is 1. The minimum Gasteiger partial charge on any atom is -0.379 e. The first-order valence-corrected chi connectivity index (χ1v) is 9.13. The van der Waals surface area contributed by atoms with E-state index in [0.717, 1.165) is 37.4 Å². The second kappa shape index (κ2) is 10.1. The molecule has 140 valence electrons. The smallest absolute Gasteiger partial charge is 0.251 e.